The topological polar surface area (TPSA) is 72.5 Å². The van der Waals surface area contributed by atoms with E-state index < -0.39 is 17.7 Å². The van der Waals surface area contributed by atoms with Gasteiger partial charge in [0.1, 0.15) is 0 Å². The van der Waals surface area contributed by atoms with Crippen LogP contribution in [0.5, 0.6) is 0 Å². The maximum Gasteiger partial charge on any atom is 0.381 e. The Balaban J connectivity index is 3.76. The van der Waals surface area contributed by atoms with Crippen molar-refractivity contribution in [1.29, 1.82) is 0 Å². The molecule has 1 N–H and O–H groups in total. The molecule has 0 saturated carbocycles. The summed E-state index contributed by atoms with van der Waals surface area (Å²) < 4.78 is 4.06. The van der Waals surface area contributed by atoms with Crippen LogP contribution < -0.4 is 5.32 Å². The molecule has 0 aromatic carbocycles. The third-order valence-corrected chi connectivity index (χ3v) is 0.815. The van der Waals surface area contributed by atoms with E-state index >= 15 is 0 Å². The van der Waals surface area contributed by atoms with Crippen molar-refractivity contribution in [3.05, 3.63) is 0 Å². The highest BCUT2D eigenvalue weighted by Gasteiger charge is 2.13. The van der Waals surface area contributed by atoms with E-state index in [-0.39, 0.29) is 6.54 Å². The van der Waals surface area contributed by atoms with E-state index in [9.17, 15) is 14.4 Å². The highest BCUT2D eigenvalue weighted by atomic mass is 16.6. The van der Waals surface area contributed by atoms with Crippen molar-refractivity contribution in [3.63, 3.8) is 0 Å². The van der Waals surface area contributed by atoms with Crippen LogP contribution in [0.15, 0.2) is 0 Å². The molecular formula is C6H9NO4. The zero-order chi connectivity index (χ0) is 8.85. The van der Waals surface area contributed by atoms with E-state index in [1.54, 1.807) is 0 Å². The fourth-order valence-electron chi connectivity index (χ4n) is 0.356. The second kappa shape index (κ2) is 4.56. The van der Waals surface area contributed by atoms with E-state index in [1.165, 1.54) is 7.05 Å². The zero-order valence-electron chi connectivity index (χ0n) is 6.34. The summed E-state index contributed by atoms with van der Waals surface area (Å²) in [6, 6.07) is 0. The van der Waals surface area contributed by atoms with E-state index in [4.69, 9.17) is 0 Å². The third kappa shape index (κ3) is 4.21. The lowest BCUT2D eigenvalue weighted by Gasteiger charge is -1.97. The number of likely N-dealkylation sites (N-methyl/N-ethyl adjacent to an activating group) is 1. The van der Waals surface area contributed by atoms with E-state index in [0.29, 0.717) is 0 Å². The highest BCUT2D eigenvalue weighted by molar-refractivity contribution is 6.34. The number of ether oxygens (including phenoxy) is 1. The minimum atomic E-state index is -1.12. The van der Waals surface area contributed by atoms with Crippen molar-refractivity contribution in [2.45, 2.75) is 6.92 Å². The average Bonchev–Trinajstić information content (AvgIpc) is 1.87. The lowest BCUT2D eigenvalue weighted by Crippen LogP contribution is -2.26. The molecule has 0 spiro atoms. The molecule has 5 heteroatoms. The van der Waals surface area contributed by atoms with Crippen molar-refractivity contribution in [1.82, 2.24) is 5.32 Å². The largest absolute Gasteiger partial charge is 0.386 e. The van der Waals surface area contributed by atoms with Gasteiger partial charge in [-0.2, -0.15) is 0 Å². The molecule has 0 saturated heterocycles. The van der Waals surface area contributed by atoms with Gasteiger partial charge in [0.05, 0.1) is 6.54 Å². The molecule has 0 aliphatic carbocycles. The molecule has 0 rings (SSSR count). The predicted octanol–water partition coefficient (Wildman–Crippen LogP) is -1.14. The average molecular weight is 159 g/mol. The van der Waals surface area contributed by atoms with Crippen LogP contribution in [-0.2, 0) is 19.1 Å². The van der Waals surface area contributed by atoms with Crippen LogP contribution in [0.1, 0.15) is 6.92 Å². The fraction of sp³-hybridized carbons (Fsp3) is 0.500. The number of ketones is 1. The number of hydrogen-bond acceptors (Lipinski definition) is 5. The summed E-state index contributed by atoms with van der Waals surface area (Å²) in [6.45, 7) is 0.952. The summed E-state index contributed by atoms with van der Waals surface area (Å²) in [6.07, 6.45) is 0. The van der Waals surface area contributed by atoms with Gasteiger partial charge in [0.15, 0.2) is 0 Å². The van der Waals surface area contributed by atoms with Gasteiger partial charge < -0.3 is 10.1 Å². The van der Waals surface area contributed by atoms with Gasteiger partial charge in [-0.1, -0.05) is 0 Å². The van der Waals surface area contributed by atoms with E-state index in [1.807, 2.05) is 0 Å². The Morgan fingerprint density at radius 2 is 1.91 bits per heavy atom. The molecule has 62 valence electrons. The molecule has 11 heavy (non-hydrogen) atoms. The Bertz CT molecular complexity index is 187. The molecule has 0 fully saturated rings. The number of rotatable bonds is 3. The van der Waals surface area contributed by atoms with Gasteiger partial charge in [0.25, 0.3) is 0 Å². The molecule has 0 bridgehead atoms. The first kappa shape index (κ1) is 9.77. The minimum absolute atomic E-state index is 0.0843. The second-order valence-electron chi connectivity index (χ2n) is 1.85. The SMILES string of the molecule is CNCC(=O)OC(=O)C(C)=O. The van der Waals surface area contributed by atoms with Gasteiger partial charge in [-0.15, -0.1) is 0 Å². The summed E-state index contributed by atoms with van der Waals surface area (Å²) in [4.78, 5) is 31.1. The number of carbonyl (C=O) groups is 3. The monoisotopic (exact) mass is 159 g/mol. The first-order valence-corrected chi connectivity index (χ1v) is 2.98. The molecule has 0 radical (unpaired) electrons. The van der Waals surface area contributed by atoms with Crippen LogP contribution in [0.4, 0.5) is 0 Å². The van der Waals surface area contributed by atoms with E-state index in [2.05, 4.69) is 10.1 Å². The van der Waals surface area contributed by atoms with Crippen LogP contribution in [0.3, 0.4) is 0 Å². The fourth-order valence-corrected chi connectivity index (χ4v) is 0.356. The smallest absolute Gasteiger partial charge is 0.381 e. The Labute approximate surface area is 63.7 Å². The minimum Gasteiger partial charge on any atom is -0.386 e. The Hall–Kier alpha value is -1.23. The Kier molecular flexibility index (Phi) is 4.05. The molecule has 0 aromatic heterocycles. The van der Waals surface area contributed by atoms with Crippen molar-refractivity contribution in [3.8, 4) is 0 Å². The molecule has 0 unspecified atom stereocenters. The van der Waals surface area contributed by atoms with Gasteiger partial charge in [0, 0.05) is 6.92 Å². The van der Waals surface area contributed by atoms with Crippen LogP contribution in [0.2, 0.25) is 0 Å². The summed E-state index contributed by atoms with van der Waals surface area (Å²) in [5.74, 6) is -2.66. The summed E-state index contributed by atoms with van der Waals surface area (Å²) >= 11 is 0. The third-order valence-electron chi connectivity index (χ3n) is 0.815. The Morgan fingerprint density at radius 3 is 2.27 bits per heavy atom. The predicted molar refractivity (Wildman–Crippen MR) is 35.7 cm³/mol. The summed E-state index contributed by atoms with van der Waals surface area (Å²) in [5, 5.41) is 2.47. The molecule has 0 aliphatic rings. The van der Waals surface area contributed by atoms with Gasteiger partial charge in [-0.3, -0.25) is 9.59 Å². The normalized spacial score (nSPS) is 8.91. The Morgan fingerprint density at radius 1 is 1.36 bits per heavy atom. The van der Waals surface area contributed by atoms with Gasteiger partial charge in [-0.25, -0.2) is 4.79 Å². The highest BCUT2D eigenvalue weighted by Crippen LogP contribution is 1.80. The molecule has 0 heterocycles. The molecule has 5 nitrogen and oxygen atoms in total. The maximum absolute atomic E-state index is 10.5. The maximum atomic E-state index is 10.5. The number of hydrogen-bond donors (Lipinski definition) is 1. The number of Topliss-reactive ketones (excluding diaryl/α,β-unsaturated/α-hetero) is 1. The summed E-state index contributed by atoms with van der Waals surface area (Å²) in [7, 11) is 1.53. The van der Waals surface area contributed by atoms with Crippen LogP contribution in [-0.4, -0.2) is 31.3 Å². The molecule has 0 aromatic rings. The van der Waals surface area contributed by atoms with Crippen molar-refractivity contribution < 1.29 is 19.1 Å². The van der Waals surface area contributed by atoms with Gasteiger partial charge in [-0.05, 0) is 7.05 Å². The standard InChI is InChI=1S/C6H9NO4/c1-4(8)6(10)11-5(9)3-7-2/h7H,3H2,1-2H3. The van der Waals surface area contributed by atoms with Crippen molar-refractivity contribution in [2.24, 2.45) is 0 Å². The van der Waals surface area contributed by atoms with Crippen molar-refractivity contribution >= 4 is 17.7 Å². The number of carbonyl (C=O) groups excluding carboxylic acids is 3. The first-order valence-electron chi connectivity index (χ1n) is 2.98. The van der Waals surface area contributed by atoms with E-state index in [0.717, 1.165) is 6.92 Å². The van der Waals surface area contributed by atoms with Crippen LogP contribution in [0.25, 0.3) is 0 Å². The van der Waals surface area contributed by atoms with Crippen LogP contribution >= 0.6 is 0 Å². The molecule has 0 aliphatic heterocycles. The van der Waals surface area contributed by atoms with Gasteiger partial charge >= 0.3 is 11.9 Å². The lowest BCUT2D eigenvalue weighted by molar-refractivity contribution is -0.163. The number of esters is 2. The molecule has 0 amide bonds. The molecular weight excluding hydrogens is 150 g/mol. The zero-order valence-corrected chi connectivity index (χ0v) is 6.34. The summed E-state index contributed by atoms with van der Waals surface area (Å²) in [5.41, 5.74) is 0. The van der Waals surface area contributed by atoms with Gasteiger partial charge in [0.2, 0.25) is 5.78 Å². The van der Waals surface area contributed by atoms with Crippen LogP contribution in [0, 0.1) is 0 Å². The second-order valence-corrected chi connectivity index (χ2v) is 1.85. The molecule has 0 atom stereocenters. The number of nitrogens with one attached hydrogen (secondary N) is 1. The quantitative estimate of drug-likeness (QED) is 0.320. The van der Waals surface area contributed by atoms with Crippen molar-refractivity contribution in [2.75, 3.05) is 13.6 Å². The lowest BCUT2D eigenvalue weighted by atomic mass is 10.5. The first-order chi connectivity index (χ1) is 5.07.